The number of nitrogens with zero attached hydrogens (tertiary/aromatic N) is 2. The zero-order chi connectivity index (χ0) is 13.2. The topological polar surface area (TPSA) is 73.2 Å². The minimum absolute atomic E-state index is 0.0501. The van der Waals surface area contributed by atoms with Gasteiger partial charge in [0.25, 0.3) is 0 Å². The van der Waals surface area contributed by atoms with Crippen molar-refractivity contribution in [2.45, 2.75) is 11.8 Å². The third-order valence-corrected chi connectivity index (χ3v) is 4.99. The molecule has 0 spiro atoms. The van der Waals surface area contributed by atoms with Crippen LogP contribution in [0.1, 0.15) is 11.1 Å². The lowest BCUT2D eigenvalue weighted by Gasteiger charge is -2.34. The first kappa shape index (κ1) is 13.0. The van der Waals surface area contributed by atoms with Crippen molar-refractivity contribution in [3.05, 3.63) is 35.4 Å². The molecular formula is C12H15N3O2S. The third-order valence-electron chi connectivity index (χ3n) is 3.12. The molecule has 1 aromatic carbocycles. The van der Waals surface area contributed by atoms with E-state index in [9.17, 15) is 8.42 Å². The fraction of sp³-hybridized carbons (Fsp3) is 0.417. The molecule has 0 unspecified atom stereocenters. The van der Waals surface area contributed by atoms with Crippen LogP contribution in [0.4, 0.5) is 0 Å². The van der Waals surface area contributed by atoms with E-state index in [-0.39, 0.29) is 11.8 Å². The molecule has 1 saturated heterocycles. The van der Waals surface area contributed by atoms with Gasteiger partial charge in [-0.1, -0.05) is 12.1 Å². The third kappa shape index (κ3) is 2.70. The molecule has 0 atom stereocenters. The maximum absolute atomic E-state index is 12.1. The molecule has 0 radical (unpaired) electrons. The summed E-state index contributed by atoms with van der Waals surface area (Å²) in [6, 6.07) is 8.77. The minimum Gasteiger partial charge on any atom is -0.313 e. The zero-order valence-corrected chi connectivity index (χ0v) is 10.9. The lowest BCUT2D eigenvalue weighted by atomic mass is 10.2. The second-order valence-corrected chi connectivity index (χ2v) is 6.43. The smallest absolute Gasteiger partial charge is 0.218 e. The Morgan fingerprint density at radius 2 is 2.22 bits per heavy atom. The van der Waals surface area contributed by atoms with Gasteiger partial charge in [0.2, 0.25) is 10.0 Å². The van der Waals surface area contributed by atoms with Gasteiger partial charge in [-0.2, -0.15) is 9.57 Å². The molecule has 0 saturated carbocycles. The van der Waals surface area contributed by atoms with Crippen molar-refractivity contribution in [3.63, 3.8) is 0 Å². The molecule has 5 nitrogen and oxygen atoms in total. The number of hydrogen-bond acceptors (Lipinski definition) is 4. The van der Waals surface area contributed by atoms with E-state index in [0.29, 0.717) is 24.2 Å². The van der Waals surface area contributed by atoms with E-state index in [1.165, 1.54) is 4.31 Å². The van der Waals surface area contributed by atoms with Gasteiger partial charge in [-0.3, -0.25) is 0 Å². The predicted molar refractivity (Wildman–Crippen MR) is 68.2 cm³/mol. The monoisotopic (exact) mass is 265 g/mol. The maximum Gasteiger partial charge on any atom is 0.218 e. The first-order valence-electron chi connectivity index (χ1n) is 5.68. The van der Waals surface area contributed by atoms with Crippen LogP contribution in [0.2, 0.25) is 0 Å². The number of nitriles is 1. The molecule has 1 aliphatic heterocycles. The summed E-state index contributed by atoms with van der Waals surface area (Å²) in [6.45, 7) is 1.40. The molecule has 1 heterocycles. The highest BCUT2D eigenvalue weighted by Crippen LogP contribution is 2.15. The van der Waals surface area contributed by atoms with Crippen molar-refractivity contribution in [2.75, 3.05) is 20.1 Å². The molecule has 1 N–H and O–H groups in total. The van der Waals surface area contributed by atoms with Gasteiger partial charge in [-0.25, -0.2) is 8.42 Å². The summed E-state index contributed by atoms with van der Waals surface area (Å²) in [7, 11) is -1.71. The summed E-state index contributed by atoms with van der Waals surface area (Å²) in [6.07, 6.45) is 0. The average Bonchev–Trinajstić information content (AvgIpc) is 2.26. The van der Waals surface area contributed by atoms with Crippen molar-refractivity contribution < 1.29 is 8.42 Å². The summed E-state index contributed by atoms with van der Waals surface area (Å²) in [5.74, 6) is -0.0600. The van der Waals surface area contributed by atoms with Crippen LogP contribution in [-0.2, 0) is 15.8 Å². The van der Waals surface area contributed by atoms with Gasteiger partial charge in [-0.05, 0) is 17.7 Å². The Kier molecular flexibility index (Phi) is 3.66. The summed E-state index contributed by atoms with van der Waals surface area (Å²) in [5, 5.41) is 11.8. The van der Waals surface area contributed by atoms with Crippen LogP contribution in [0.25, 0.3) is 0 Å². The lowest BCUT2D eigenvalue weighted by Crippen LogP contribution is -2.57. The molecule has 2 rings (SSSR count). The number of benzene rings is 1. The van der Waals surface area contributed by atoms with Crippen LogP contribution < -0.4 is 5.32 Å². The van der Waals surface area contributed by atoms with E-state index in [1.54, 1.807) is 31.3 Å². The SMILES string of the molecule is CN(C1CNC1)S(=O)(=O)Cc1cccc(C#N)c1. The fourth-order valence-electron chi connectivity index (χ4n) is 1.80. The average molecular weight is 265 g/mol. The maximum atomic E-state index is 12.1. The van der Waals surface area contributed by atoms with Crippen molar-refractivity contribution in [1.29, 1.82) is 5.26 Å². The van der Waals surface area contributed by atoms with Crippen molar-refractivity contribution in [2.24, 2.45) is 0 Å². The van der Waals surface area contributed by atoms with Gasteiger partial charge in [0.05, 0.1) is 17.4 Å². The van der Waals surface area contributed by atoms with E-state index >= 15 is 0 Å². The molecule has 1 aromatic rings. The van der Waals surface area contributed by atoms with Gasteiger partial charge < -0.3 is 5.32 Å². The van der Waals surface area contributed by atoms with Gasteiger partial charge in [-0.15, -0.1) is 0 Å². The molecule has 0 aliphatic carbocycles. The second-order valence-electron chi connectivity index (χ2n) is 4.40. The van der Waals surface area contributed by atoms with E-state index in [1.807, 2.05) is 6.07 Å². The number of rotatable bonds is 4. The van der Waals surface area contributed by atoms with E-state index < -0.39 is 10.0 Å². The van der Waals surface area contributed by atoms with Gasteiger partial charge >= 0.3 is 0 Å². The number of hydrogen-bond donors (Lipinski definition) is 1. The first-order valence-corrected chi connectivity index (χ1v) is 7.29. The van der Waals surface area contributed by atoms with Crippen molar-refractivity contribution in [3.8, 4) is 6.07 Å². The van der Waals surface area contributed by atoms with Crippen LogP contribution in [-0.4, -0.2) is 38.9 Å². The van der Waals surface area contributed by atoms with Gasteiger partial charge in [0.15, 0.2) is 0 Å². The molecule has 0 bridgehead atoms. The van der Waals surface area contributed by atoms with Crippen LogP contribution in [0.3, 0.4) is 0 Å². The van der Waals surface area contributed by atoms with Crippen molar-refractivity contribution in [1.82, 2.24) is 9.62 Å². The van der Waals surface area contributed by atoms with E-state index in [4.69, 9.17) is 5.26 Å². The number of likely N-dealkylation sites (N-methyl/N-ethyl adjacent to an activating group) is 1. The van der Waals surface area contributed by atoms with Crippen LogP contribution in [0, 0.1) is 11.3 Å². The molecule has 1 aliphatic rings. The number of nitrogens with one attached hydrogen (secondary N) is 1. The largest absolute Gasteiger partial charge is 0.313 e. The second kappa shape index (κ2) is 5.06. The molecule has 18 heavy (non-hydrogen) atoms. The standard InChI is InChI=1S/C12H15N3O2S/c1-15(12-7-14-8-12)18(16,17)9-11-4-2-3-10(5-11)6-13/h2-5,12,14H,7-9H2,1H3. The van der Waals surface area contributed by atoms with E-state index in [0.717, 1.165) is 0 Å². The highest BCUT2D eigenvalue weighted by molar-refractivity contribution is 7.88. The molecule has 96 valence electrons. The van der Waals surface area contributed by atoms with Gasteiger partial charge in [0, 0.05) is 26.2 Å². The molecule has 1 fully saturated rings. The van der Waals surface area contributed by atoms with Crippen LogP contribution in [0.5, 0.6) is 0 Å². The summed E-state index contributed by atoms with van der Waals surface area (Å²) < 4.78 is 25.7. The Bertz CT molecular complexity index is 573. The Hall–Kier alpha value is -1.42. The first-order chi connectivity index (χ1) is 8.53. The Balaban J connectivity index is 2.14. The van der Waals surface area contributed by atoms with Gasteiger partial charge in [0.1, 0.15) is 0 Å². The Morgan fingerprint density at radius 1 is 1.50 bits per heavy atom. The Labute approximate surface area is 107 Å². The summed E-state index contributed by atoms with van der Waals surface area (Å²) >= 11 is 0. The summed E-state index contributed by atoms with van der Waals surface area (Å²) in [5.41, 5.74) is 1.13. The molecule has 6 heteroatoms. The molecular weight excluding hydrogens is 250 g/mol. The molecule has 0 aromatic heterocycles. The minimum atomic E-state index is -3.31. The van der Waals surface area contributed by atoms with Crippen LogP contribution >= 0.6 is 0 Å². The van der Waals surface area contributed by atoms with E-state index in [2.05, 4.69) is 5.32 Å². The predicted octanol–water partition coefficient (Wildman–Crippen LogP) is 0.292. The number of sulfonamides is 1. The normalized spacial score (nSPS) is 16.3. The zero-order valence-electron chi connectivity index (χ0n) is 10.1. The van der Waals surface area contributed by atoms with Crippen LogP contribution in [0.15, 0.2) is 24.3 Å². The molecule has 0 amide bonds. The highest BCUT2D eigenvalue weighted by Gasteiger charge is 2.30. The highest BCUT2D eigenvalue weighted by atomic mass is 32.2. The van der Waals surface area contributed by atoms with Crippen molar-refractivity contribution >= 4 is 10.0 Å². The quantitative estimate of drug-likeness (QED) is 0.849. The fourth-order valence-corrected chi connectivity index (χ4v) is 3.21. The Morgan fingerprint density at radius 3 is 2.78 bits per heavy atom. The summed E-state index contributed by atoms with van der Waals surface area (Å²) in [4.78, 5) is 0. The lowest BCUT2D eigenvalue weighted by molar-refractivity contribution is 0.274.